The maximum absolute atomic E-state index is 5.16. The second-order valence-corrected chi connectivity index (χ2v) is 7.85. The van der Waals surface area contributed by atoms with Crippen LogP contribution in [0.15, 0.2) is 0 Å². The minimum absolute atomic E-state index is 0.376. The molecule has 0 rings (SSSR count). The molecule has 138 valence electrons. The summed E-state index contributed by atoms with van der Waals surface area (Å²) in [5.41, 5.74) is 0. The van der Waals surface area contributed by atoms with Crippen LogP contribution in [0.5, 0.6) is 0 Å². The van der Waals surface area contributed by atoms with E-state index >= 15 is 0 Å². The first-order valence-corrected chi connectivity index (χ1v) is 11.0. The van der Waals surface area contributed by atoms with Gasteiger partial charge in [0.1, 0.15) is 0 Å². The van der Waals surface area contributed by atoms with Crippen molar-refractivity contribution in [1.82, 2.24) is 0 Å². The monoisotopic (exact) mass is 360 g/mol. The van der Waals surface area contributed by atoms with E-state index in [1.165, 1.54) is 103 Å². The van der Waals surface area contributed by atoms with Crippen molar-refractivity contribution >= 4 is 29.2 Å². The number of hydrogen-bond acceptors (Lipinski definition) is 2. The van der Waals surface area contributed by atoms with Crippen molar-refractivity contribution in [3.8, 4) is 0 Å². The Balaban J connectivity index is 2.96. The summed E-state index contributed by atoms with van der Waals surface area (Å²) in [5.74, 6) is 0. The van der Waals surface area contributed by atoms with Crippen LogP contribution in [0.1, 0.15) is 116 Å². The van der Waals surface area contributed by atoms with Gasteiger partial charge < -0.3 is 4.74 Å². The van der Waals surface area contributed by atoms with Crippen LogP contribution in [-0.2, 0) is 4.74 Å². The predicted octanol–water partition coefficient (Wildman–Crippen LogP) is 7.87. The van der Waals surface area contributed by atoms with Gasteiger partial charge >= 0.3 is 0 Å². The SMILES string of the molecule is CCCCCCCCCCCCCCCCCCCOC(=S)S. The molecule has 0 aliphatic heterocycles. The van der Waals surface area contributed by atoms with Crippen molar-refractivity contribution in [2.75, 3.05) is 6.61 Å². The van der Waals surface area contributed by atoms with Gasteiger partial charge in [-0.1, -0.05) is 122 Å². The average molecular weight is 361 g/mol. The Labute approximate surface area is 156 Å². The van der Waals surface area contributed by atoms with Gasteiger partial charge in [0.2, 0.25) is 4.38 Å². The van der Waals surface area contributed by atoms with E-state index in [0.717, 1.165) is 13.0 Å². The summed E-state index contributed by atoms with van der Waals surface area (Å²) in [6.07, 6.45) is 23.8. The van der Waals surface area contributed by atoms with Crippen LogP contribution in [-0.4, -0.2) is 11.0 Å². The summed E-state index contributed by atoms with van der Waals surface area (Å²) < 4.78 is 5.54. The Morgan fingerprint density at radius 3 is 1.22 bits per heavy atom. The summed E-state index contributed by atoms with van der Waals surface area (Å²) in [6.45, 7) is 3.02. The fraction of sp³-hybridized carbons (Fsp3) is 0.950. The molecule has 0 unspecified atom stereocenters. The fourth-order valence-corrected chi connectivity index (χ4v) is 3.16. The maximum atomic E-state index is 5.16. The van der Waals surface area contributed by atoms with Gasteiger partial charge in [0.05, 0.1) is 6.61 Å². The molecule has 0 radical (unpaired) electrons. The van der Waals surface area contributed by atoms with Crippen molar-refractivity contribution in [3.63, 3.8) is 0 Å². The molecule has 0 saturated carbocycles. The maximum Gasteiger partial charge on any atom is 0.216 e. The molecule has 0 aromatic rings. The Morgan fingerprint density at radius 1 is 0.609 bits per heavy atom. The number of hydrogen-bond donors (Lipinski definition) is 1. The van der Waals surface area contributed by atoms with E-state index in [1.54, 1.807) is 0 Å². The topological polar surface area (TPSA) is 9.23 Å². The molecule has 0 N–H and O–H groups in total. The van der Waals surface area contributed by atoms with E-state index in [2.05, 4.69) is 19.6 Å². The Bertz CT molecular complexity index is 244. The zero-order valence-corrected chi connectivity index (χ0v) is 17.2. The van der Waals surface area contributed by atoms with Crippen molar-refractivity contribution in [2.45, 2.75) is 116 Å². The lowest BCUT2D eigenvalue weighted by Crippen LogP contribution is -1.95. The summed E-state index contributed by atoms with van der Waals surface area (Å²) in [4.78, 5) is 0. The summed E-state index contributed by atoms with van der Waals surface area (Å²) in [7, 11) is 0. The van der Waals surface area contributed by atoms with Crippen molar-refractivity contribution in [2.24, 2.45) is 0 Å². The Morgan fingerprint density at radius 2 is 0.913 bits per heavy atom. The molecule has 0 aliphatic carbocycles. The molecular weight excluding hydrogens is 320 g/mol. The first-order chi connectivity index (χ1) is 11.3. The lowest BCUT2D eigenvalue weighted by molar-refractivity contribution is 0.308. The molecular formula is C20H40OS2. The van der Waals surface area contributed by atoms with Gasteiger partial charge in [0.15, 0.2) is 0 Å². The third-order valence-corrected chi connectivity index (χ3v) is 4.72. The summed E-state index contributed by atoms with van der Waals surface area (Å²) in [5, 5.41) is 0. The van der Waals surface area contributed by atoms with Gasteiger partial charge in [-0.3, -0.25) is 0 Å². The van der Waals surface area contributed by atoms with E-state index in [4.69, 9.17) is 17.0 Å². The number of ether oxygens (including phenoxy) is 1. The smallest absolute Gasteiger partial charge is 0.216 e. The third-order valence-electron chi connectivity index (χ3n) is 4.47. The minimum Gasteiger partial charge on any atom is -0.479 e. The van der Waals surface area contributed by atoms with E-state index in [1.807, 2.05) is 0 Å². The second kappa shape index (κ2) is 20.3. The molecule has 0 saturated heterocycles. The molecule has 0 aliphatic rings. The van der Waals surface area contributed by atoms with Crippen LogP contribution in [0.3, 0.4) is 0 Å². The van der Waals surface area contributed by atoms with Crippen LogP contribution < -0.4 is 0 Å². The molecule has 0 aromatic heterocycles. The highest BCUT2D eigenvalue weighted by molar-refractivity contribution is 8.10. The number of rotatable bonds is 18. The van der Waals surface area contributed by atoms with E-state index in [-0.39, 0.29) is 0 Å². The standard InChI is InChI=1S/C20H40OS2/c1-2-3-4-5-6-7-8-9-10-11-12-13-14-15-16-17-18-19-21-20(22)23/h2-19H2,1H3,(H,22,23). The van der Waals surface area contributed by atoms with Crippen LogP contribution in [0.25, 0.3) is 0 Å². The summed E-state index contributed by atoms with van der Waals surface area (Å²) >= 11 is 8.69. The molecule has 0 atom stereocenters. The lowest BCUT2D eigenvalue weighted by Gasteiger charge is -2.04. The zero-order valence-electron chi connectivity index (χ0n) is 15.5. The molecule has 1 nitrogen and oxygen atoms in total. The van der Waals surface area contributed by atoms with Gasteiger partial charge in [-0.05, 0) is 18.6 Å². The van der Waals surface area contributed by atoms with Crippen molar-refractivity contribution < 1.29 is 4.74 Å². The molecule has 0 heterocycles. The van der Waals surface area contributed by atoms with Gasteiger partial charge in [-0.25, -0.2) is 0 Å². The molecule has 0 fully saturated rings. The van der Waals surface area contributed by atoms with E-state index < -0.39 is 0 Å². The van der Waals surface area contributed by atoms with Gasteiger partial charge in [-0.15, -0.1) is 0 Å². The first-order valence-electron chi connectivity index (χ1n) is 10.1. The van der Waals surface area contributed by atoms with Crippen molar-refractivity contribution in [3.05, 3.63) is 0 Å². The van der Waals surface area contributed by atoms with Gasteiger partial charge in [0.25, 0.3) is 0 Å². The largest absolute Gasteiger partial charge is 0.479 e. The van der Waals surface area contributed by atoms with Crippen LogP contribution in [0.4, 0.5) is 0 Å². The van der Waals surface area contributed by atoms with Crippen LogP contribution in [0.2, 0.25) is 0 Å². The number of thiol groups is 1. The minimum atomic E-state index is 0.376. The highest BCUT2D eigenvalue weighted by atomic mass is 32.1. The predicted molar refractivity (Wildman–Crippen MR) is 112 cm³/mol. The molecule has 3 heteroatoms. The number of unbranched alkanes of at least 4 members (excludes halogenated alkanes) is 16. The zero-order chi connectivity index (χ0) is 17.0. The Hall–Kier alpha value is 0.240. The van der Waals surface area contributed by atoms with E-state index in [0.29, 0.717) is 4.38 Å². The highest BCUT2D eigenvalue weighted by Crippen LogP contribution is 2.14. The van der Waals surface area contributed by atoms with Gasteiger partial charge in [-0.2, -0.15) is 0 Å². The second-order valence-electron chi connectivity index (χ2n) is 6.77. The lowest BCUT2D eigenvalue weighted by atomic mass is 10.0. The quantitative estimate of drug-likeness (QED) is 0.151. The Kier molecular flexibility index (Phi) is 20.5. The van der Waals surface area contributed by atoms with Crippen molar-refractivity contribution in [1.29, 1.82) is 0 Å². The molecule has 0 bridgehead atoms. The third kappa shape index (κ3) is 22.2. The summed E-state index contributed by atoms with van der Waals surface area (Å²) in [6, 6.07) is 0. The normalized spacial score (nSPS) is 10.9. The molecule has 0 amide bonds. The van der Waals surface area contributed by atoms with Gasteiger partial charge in [0, 0.05) is 0 Å². The molecule has 0 spiro atoms. The fourth-order valence-electron chi connectivity index (χ4n) is 2.99. The highest BCUT2D eigenvalue weighted by Gasteiger charge is 1.95. The number of thiocarbonyl (C=S) groups is 1. The first kappa shape index (κ1) is 23.2. The molecule has 23 heavy (non-hydrogen) atoms. The average Bonchev–Trinajstić information content (AvgIpc) is 2.53. The van der Waals surface area contributed by atoms with Crippen LogP contribution in [0, 0.1) is 0 Å². The molecule has 0 aromatic carbocycles. The van der Waals surface area contributed by atoms with Crippen LogP contribution >= 0.6 is 24.8 Å². The van der Waals surface area contributed by atoms with E-state index in [9.17, 15) is 0 Å².